The molecule has 0 saturated heterocycles. The van der Waals surface area contributed by atoms with Crippen LogP contribution in [0.15, 0.2) is 52.3 Å². The predicted molar refractivity (Wildman–Crippen MR) is 95.7 cm³/mol. The lowest BCUT2D eigenvalue weighted by molar-refractivity contribution is -0.114. The van der Waals surface area contributed by atoms with Crippen LogP contribution in [-0.2, 0) is 25.0 Å². The van der Waals surface area contributed by atoms with Gasteiger partial charge in [-0.05, 0) is 23.3 Å². The lowest BCUT2D eigenvalue weighted by Crippen LogP contribution is -2.12. The second kappa shape index (κ2) is 7.38. The molecule has 1 amide bonds. The third-order valence-electron chi connectivity index (χ3n) is 3.25. The summed E-state index contributed by atoms with van der Waals surface area (Å²) in [4.78, 5) is 10.3. The first-order valence-corrected chi connectivity index (χ1v) is 10.0. The predicted octanol–water partition coefficient (Wildman–Crippen LogP) is 2.31. The van der Waals surface area contributed by atoms with Crippen molar-refractivity contribution in [3.05, 3.63) is 53.6 Å². The Balaban J connectivity index is 2.62. The number of nitrogens with one attached hydrogen (secondary N) is 1. The van der Waals surface area contributed by atoms with Crippen molar-refractivity contribution in [1.29, 1.82) is 0 Å². The van der Waals surface area contributed by atoms with Crippen LogP contribution >= 0.6 is 0 Å². The van der Waals surface area contributed by atoms with Crippen LogP contribution in [0.3, 0.4) is 0 Å². The number of hydrogen-bond acceptors (Lipinski definition) is 5. The van der Waals surface area contributed by atoms with Crippen molar-refractivity contribution in [1.82, 2.24) is 0 Å². The van der Waals surface area contributed by atoms with Gasteiger partial charge in [-0.1, -0.05) is 42.5 Å². The smallest absolute Gasteiger partial charge is 0.297 e. The number of rotatable bonds is 5. The van der Waals surface area contributed by atoms with Gasteiger partial charge in [0.05, 0.1) is 5.69 Å². The van der Waals surface area contributed by atoms with Crippen molar-refractivity contribution in [2.24, 2.45) is 0 Å². The molecule has 0 aliphatic carbocycles. The molecule has 0 aliphatic rings. The first kappa shape index (κ1) is 19.8. The summed E-state index contributed by atoms with van der Waals surface area (Å²) in [6, 6.07) is 9.66. The molecule has 0 aliphatic heterocycles. The van der Waals surface area contributed by atoms with E-state index in [0.717, 1.165) is 0 Å². The molecule has 0 spiro atoms. The van der Waals surface area contributed by atoms with Gasteiger partial charge in [0.2, 0.25) is 5.91 Å². The van der Waals surface area contributed by atoms with Gasteiger partial charge in [-0.3, -0.25) is 13.9 Å². The quantitative estimate of drug-likeness (QED) is 0.520. The van der Waals surface area contributed by atoms with Crippen LogP contribution in [0, 0.1) is 0 Å². The fourth-order valence-electron chi connectivity index (χ4n) is 2.29. The van der Waals surface area contributed by atoms with E-state index >= 15 is 0 Å². The molecule has 2 aromatic carbocycles. The summed E-state index contributed by atoms with van der Waals surface area (Å²) < 4.78 is 65.0. The van der Waals surface area contributed by atoms with E-state index in [1.807, 2.05) is 0 Å². The number of amides is 1. The third-order valence-corrected chi connectivity index (χ3v) is 5.15. The van der Waals surface area contributed by atoms with E-state index in [0.29, 0.717) is 0 Å². The second-order valence-corrected chi connectivity index (χ2v) is 7.97. The van der Waals surface area contributed by atoms with Crippen molar-refractivity contribution >= 4 is 44.0 Å². The van der Waals surface area contributed by atoms with Gasteiger partial charge in [-0.2, -0.15) is 16.8 Å². The normalized spacial score (nSPS) is 12.3. The number of hydrogen-bond donors (Lipinski definition) is 3. The van der Waals surface area contributed by atoms with Gasteiger partial charge >= 0.3 is 0 Å². The molecule has 8 nitrogen and oxygen atoms in total. The summed E-state index contributed by atoms with van der Waals surface area (Å²) in [5, 5.41) is 2.31. The van der Waals surface area contributed by atoms with Crippen molar-refractivity contribution in [2.45, 2.75) is 16.7 Å². The van der Waals surface area contributed by atoms with Gasteiger partial charge in [-0.15, -0.1) is 0 Å². The van der Waals surface area contributed by atoms with Crippen molar-refractivity contribution in [2.75, 3.05) is 5.32 Å². The lowest BCUT2D eigenvalue weighted by Gasteiger charge is -2.10. The minimum absolute atomic E-state index is 0.0175. The molecule has 0 atom stereocenters. The first-order chi connectivity index (χ1) is 12.0. The van der Waals surface area contributed by atoms with E-state index in [4.69, 9.17) is 0 Å². The molecule has 10 heteroatoms. The topological polar surface area (TPSA) is 138 Å². The minimum Gasteiger partial charge on any atom is -0.325 e. The maximum absolute atomic E-state index is 11.7. The molecule has 0 bridgehead atoms. The van der Waals surface area contributed by atoms with Gasteiger partial charge < -0.3 is 5.32 Å². The first-order valence-electron chi connectivity index (χ1n) is 7.13. The summed E-state index contributed by atoms with van der Waals surface area (Å²) in [5.41, 5.74) is 0.00956. The van der Waals surface area contributed by atoms with Crippen LogP contribution in [0.1, 0.15) is 18.1 Å². The maximum Gasteiger partial charge on any atom is 0.297 e. The van der Waals surface area contributed by atoms with E-state index < -0.39 is 31.0 Å². The zero-order valence-corrected chi connectivity index (χ0v) is 15.1. The highest BCUT2D eigenvalue weighted by molar-refractivity contribution is 7.86. The van der Waals surface area contributed by atoms with Gasteiger partial charge in [0.15, 0.2) is 0 Å². The van der Waals surface area contributed by atoms with Gasteiger partial charge in [0, 0.05) is 6.92 Å². The molecule has 0 unspecified atom stereocenters. The minimum atomic E-state index is -4.69. The Morgan fingerprint density at radius 1 is 0.885 bits per heavy atom. The second-order valence-electron chi connectivity index (χ2n) is 5.23. The third kappa shape index (κ3) is 4.76. The number of carbonyl (C=O) groups is 1. The van der Waals surface area contributed by atoms with Crippen molar-refractivity contribution < 1.29 is 30.7 Å². The molecule has 0 radical (unpaired) electrons. The fourth-order valence-corrected chi connectivity index (χ4v) is 3.81. The highest BCUT2D eigenvalue weighted by atomic mass is 32.2. The average Bonchev–Trinajstić information content (AvgIpc) is 2.50. The molecule has 0 saturated carbocycles. The number of benzene rings is 2. The SMILES string of the molecule is CC(=O)Nc1cccc(C=Cc2ccccc2S(=O)(=O)O)c1S(=O)(=O)O. The van der Waals surface area contributed by atoms with E-state index in [1.165, 1.54) is 61.5 Å². The fraction of sp³-hybridized carbons (Fsp3) is 0.0625. The van der Waals surface area contributed by atoms with Crippen LogP contribution in [0.5, 0.6) is 0 Å². The molecular weight excluding hydrogens is 382 g/mol. The summed E-state index contributed by atoms with van der Waals surface area (Å²) in [6.07, 6.45) is 2.52. The maximum atomic E-state index is 11.7. The Labute approximate surface area is 150 Å². The monoisotopic (exact) mass is 397 g/mol. The van der Waals surface area contributed by atoms with Crippen LogP contribution in [0.2, 0.25) is 0 Å². The Bertz CT molecular complexity index is 1090. The Kier molecular flexibility index (Phi) is 5.62. The Hall–Kier alpha value is -2.53. The van der Waals surface area contributed by atoms with Gasteiger partial charge in [-0.25, -0.2) is 0 Å². The van der Waals surface area contributed by atoms with Crippen LogP contribution in [0.25, 0.3) is 12.2 Å². The Morgan fingerprint density at radius 3 is 2.04 bits per heavy atom. The van der Waals surface area contributed by atoms with Crippen LogP contribution in [0.4, 0.5) is 5.69 Å². The summed E-state index contributed by atoms with van der Waals surface area (Å²) in [5.74, 6) is -0.534. The standard InChI is InChI=1S/C16H15NO7S2/c1-11(18)17-14-7-4-6-13(16(14)26(22,23)24)10-9-12-5-2-3-8-15(12)25(19,20)21/h2-10H,1H3,(H,17,18)(H,19,20,21)(H,22,23,24). The molecule has 138 valence electrons. The highest BCUT2D eigenvalue weighted by Crippen LogP contribution is 2.27. The molecule has 3 N–H and O–H groups in total. The summed E-state index contributed by atoms with van der Waals surface area (Å²) in [7, 11) is -9.16. The van der Waals surface area contributed by atoms with Crippen LogP contribution < -0.4 is 5.32 Å². The molecule has 2 rings (SSSR count). The van der Waals surface area contributed by atoms with E-state index in [-0.39, 0.29) is 21.7 Å². The zero-order chi connectivity index (χ0) is 19.5. The molecule has 0 aromatic heterocycles. The lowest BCUT2D eigenvalue weighted by atomic mass is 10.1. The highest BCUT2D eigenvalue weighted by Gasteiger charge is 2.20. The van der Waals surface area contributed by atoms with Crippen molar-refractivity contribution in [3.63, 3.8) is 0 Å². The largest absolute Gasteiger partial charge is 0.325 e. The van der Waals surface area contributed by atoms with Crippen molar-refractivity contribution in [3.8, 4) is 0 Å². The molecule has 0 heterocycles. The number of anilines is 1. The van der Waals surface area contributed by atoms with Gasteiger partial charge in [0.25, 0.3) is 20.2 Å². The summed E-state index contributed by atoms with van der Waals surface area (Å²) in [6.45, 7) is 1.18. The van der Waals surface area contributed by atoms with Crippen LogP contribution in [-0.4, -0.2) is 31.8 Å². The average molecular weight is 397 g/mol. The van der Waals surface area contributed by atoms with E-state index in [1.54, 1.807) is 0 Å². The summed E-state index contributed by atoms with van der Waals surface area (Å²) >= 11 is 0. The van der Waals surface area contributed by atoms with Gasteiger partial charge in [0.1, 0.15) is 9.79 Å². The van der Waals surface area contributed by atoms with E-state index in [2.05, 4.69) is 5.32 Å². The zero-order valence-electron chi connectivity index (χ0n) is 13.4. The molecular formula is C16H15NO7S2. The number of carbonyl (C=O) groups excluding carboxylic acids is 1. The molecule has 0 fully saturated rings. The molecule has 26 heavy (non-hydrogen) atoms. The van der Waals surface area contributed by atoms with E-state index in [9.17, 15) is 30.7 Å². The molecule has 2 aromatic rings. The Morgan fingerprint density at radius 2 is 1.46 bits per heavy atom.